The van der Waals surface area contributed by atoms with Crippen molar-refractivity contribution in [2.45, 2.75) is 13.8 Å². The van der Waals surface area contributed by atoms with Gasteiger partial charge in [0.15, 0.2) is 4.80 Å². The lowest BCUT2D eigenvalue weighted by Crippen LogP contribution is -2.12. The predicted molar refractivity (Wildman–Crippen MR) is 89.4 cm³/mol. The van der Waals surface area contributed by atoms with Crippen molar-refractivity contribution in [3.63, 3.8) is 0 Å². The fourth-order valence-corrected chi connectivity index (χ4v) is 3.26. The van der Waals surface area contributed by atoms with Crippen LogP contribution in [0.15, 0.2) is 47.8 Å². The van der Waals surface area contributed by atoms with Crippen LogP contribution in [0.2, 0.25) is 5.02 Å². The second-order valence-corrected chi connectivity index (χ2v) is 6.35. The van der Waals surface area contributed by atoms with Crippen LogP contribution in [0.5, 0.6) is 0 Å². The largest absolute Gasteiger partial charge is 0.286 e. The maximum Gasteiger partial charge on any atom is 0.187 e. The number of aromatic nitrogens is 1. The van der Waals surface area contributed by atoms with Crippen molar-refractivity contribution in [3.05, 3.63) is 68.8 Å². The van der Waals surface area contributed by atoms with Crippen LogP contribution in [-0.2, 0) is 0 Å². The molecule has 2 aromatic carbocycles. The molecule has 3 rings (SSSR count). The highest BCUT2D eigenvalue weighted by Gasteiger charge is 2.11. The first kappa shape index (κ1) is 14.1. The molecular weight excluding hydrogens is 300 g/mol. The molecule has 1 heterocycles. The number of nitrogens with zero attached hydrogens (tertiary/aromatic N) is 1. The number of benzene rings is 2. The first-order valence-electron chi connectivity index (χ1n) is 6.65. The molecule has 3 aromatic rings. The quantitative estimate of drug-likeness (QED) is 0.693. The van der Waals surface area contributed by atoms with Gasteiger partial charge in [-0.05, 0) is 49.7 Å². The molecule has 0 spiro atoms. The van der Waals surface area contributed by atoms with E-state index < -0.39 is 0 Å². The van der Waals surface area contributed by atoms with E-state index in [4.69, 9.17) is 17.0 Å². The van der Waals surface area contributed by atoms with Gasteiger partial charge in [-0.15, -0.1) is 11.3 Å². The van der Waals surface area contributed by atoms with Crippen molar-refractivity contribution >= 4 is 22.9 Å². The molecule has 0 radical (unpaired) electrons. The predicted octanol–water partition coefficient (Wildman–Crippen LogP) is 4.96. The third-order valence-electron chi connectivity index (χ3n) is 3.48. The summed E-state index contributed by atoms with van der Waals surface area (Å²) in [5.41, 5.74) is 5.60. The summed E-state index contributed by atoms with van der Waals surface area (Å²) in [5.74, 6) is 0. The minimum Gasteiger partial charge on any atom is -0.286 e. The van der Waals surface area contributed by atoms with E-state index in [9.17, 15) is 0 Å². The lowest BCUT2D eigenvalue weighted by atomic mass is 10.0. The summed E-state index contributed by atoms with van der Waals surface area (Å²) in [6.07, 6.45) is 0. The second-order valence-electron chi connectivity index (χ2n) is 5.06. The van der Waals surface area contributed by atoms with Crippen LogP contribution in [0.4, 0.5) is 0 Å². The van der Waals surface area contributed by atoms with Crippen molar-refractivity contribution in [3.8, 4) is 16.9 Å². The molecular formula is C17H15ClN2S. The van der Waals surface area contributed by atoms with Gasteiger partial charge in [0.05, 0.1) is 5.69 Å². The molecule has 2 nitrogen and oxygen atoms in total. The fraction of sp³-hybridized carbons (Fsp3) is 0.118. The minimum absolute atomic E-state index is 0.508. The standard InChI is InChI=1S/C17H15ClN2S/c1-11-3-4-12(2)15(9-11)16-10-21-17(19)20(16)14-7-5-13(18)6-8-14/h3-10,19H,1-2H3. The number of rotatable bonds is 2. The van der Waals surface area contributed by atoms with Gasteiger partial charge in [-0.2, -0.15) is 0 Å². The maximum atomic E-state index is 8.20. The van der Waals surface area contributed by atoms with Crippen molar-refractivity contribution in [2.75, 3.05) is 0 Å². The van der Waals surface area contributed by atoms with Gasteiger partial charge >= 0.3 is 0 Å². The van der Waals surface area contributed by atoms with Crippen LogP contribution in [0.3, 0.4) is 0 Å². The average Bonchev–Trinajstić information content (AvgIpc) is 2.84. The van der Waals surface area contributed by atoms with Gasteiger partial charge in [0.25, 0.3) is 0 Å². The van der Waals surface area contributed by atoms with Gasteiger partial charge in [0.2, 0.25) is 0 Å². The van der Waals surface area contributed by atoms with Gasteiger partial charge in [-0.25, -0.2) is 0 Å². The first-order valence-corrected chi connectivity index (χ1v) is 7.91. The molecule has 21 heavy (non-hydrogen) atoms. The van der Waals surface area contributed by atoms with Gasteiger partial charge in [-0.3, -0.25) is 9.98 Å². The third-order valence-corrected chi connectivity index (χ3v) is 4.48. The Bertz CT molecular complexity index is 844. The number of halogens is 1. The molecule has 0 aliphatic rings. The van der Waals surface area contributed by atoms with Crippen LogP contribution in [0.1, 0.15) is 11.1 Å². The van der Waals surface area contributed by atoms with Gasteiger partial charge in [0.1, 0.15) is 0 Å². The second kappa shape index (κ2) is 5.51. The fourth-order valence-electron chi connectivity index (χ4n) is 2.37. The Hall–Kier alpha value is -1.84. The lowest BCUT2D eigenvalue weighted by Gasteiger charge is -2.12. The Morgan fingerprint density at radius 2 is 1.76 bits per heavy atom. The Morgan fingerprint density at radius 3 is 2.48 bits per heavy atom. The molecule has 106 valence electrons. The van der Waals surface area contributed by atoms with E-state index in [-0.39, 0.29) is 0 Å². The molecule has 4 heteroatoms. The highest BCUT2D eigenvalue weighted by Crippen LogP contribution is 2.27. The summed E-state index contributed by atoms with van der Waals surface area (Å²) in [6, 6.07) is 14.0. The van der Waals surface area contributed by atoms with Gasteiger partial charge in [0, 0.05) is 21.7 Å². The Labute approximate surface area is 132 Å². The van der Waals surface area contributed by atoms with Crippen molar-refractivity contribution in [1.29, 1.82) is 5.41 Å². The van der Waals surface area contributed by atoms with Crippen LogP contribution >= 0.6 is 22.9 Å². The summed E-state index contributed by atoms with van der Waals surface area (Å²) in [4.78, 5) is 0.508. The van der Waals surface area contributed by atoms with Crippen LogP contribution in [0.25, 0.3) is 16.9 Å². The number of aryl methyl sites for hydroxylation is 2. The molecule has 0 amide bonds. The summed E-state index contributed by atoms with van der Waals surface area (Å²) >= 11 is 7.40. The van der Waals surface area contributed by atoms with E-state index in [1.54, 1.807) is 0 Å². The Balaban J connectivity index is 2.24. The molecule has 0 aliphatic carbocycles. The Kier molecular flexibility index (Phi) is 3.70. The molecule has 0 aliphatic heterocycles. The van der Waals surface area contributed by atoms with E-state index in [0.717, 1.165) is 11.4 Å². The summed E-state index contributed by atoms with van der Waals surface area (Å²) < 4.78 is 1.96. The summed E-state index contributed by atoms with van der Waals surface area (Å²) in [7, 11) is 0. The molecule has 0 fully saturated rings. The third kappa shape index (κ3) is 2.67. The zero-order valence-electron chi connectivity index (χ0n) is 11.9. The summed E-state index contributed by atoms with van der Waals surface area (Å²) in [6.45, 7) is 4.19. The zero-order chi connectivity index (χ0) is 15.0. The minimum atomic E-state index is 0.508. The normalized spacial score (nSPS) is 10.8. The SMILES string of the molecule is Cc1ccc(C)c(-c2csc(=N)n2-c2ccc(Cl)cc2)c1. The highest BCUT2D eigenvalue weighted by atomic mass is 35.5. The molecule has 0 unspecified atom stereocenters. The van der Waals surface area contributed by atoms with E-state index in [1.807, 2.05) is 34.2 Å². The van der Waals surface area contributed by atoms with Crippen molar-refractivity contribution in [2.24, 2.45) is 0 Å². The smallest absolute Gasteiger partial charge is 0.187 e. The molecule has 0 saturated heterocycles. The first-order chi connectivity index (χ1) is 10.1. The number of thiazole rings is 1. The zero-order valence-corrected chi connectivity index (χ0v) is 13.4. The van der Waals surface area contributed by atoms with E-state index in [1.165, 1.54) is 28.0 Å². The van der Waals surface area contributed by atoms with E-state index in [2.05, 4.69) is 32.0 Å². The van der Waals surface area contributed by atoms with Crippen molar-refractivity contribution in [1.82, 2.24) is 4.57 Å². The van der Waals surface area contributed by atoms with E-state index >= 15 is 0 Å². The van der Waals surface area contributed by atoms with Gasteiger partial charge in [-0.1, -0.05) is 29.3 Å². The number of nitrogens with one attached hydrogen (secondary N) is 1. The molecule has 0 atom stereocenters. The van der Waals surface area contributed by atoms with Crippen LogP contribution < -0.4 is 4.80 Å². The average molecular weight is 315 g/mol. The molecule has 0 bridgehead atoms. The topological polar surface area (TPSA) is 28.8 Å². The summed E-state index contributed by atoms with van der Waals surface area (Å²) in [5, 5.41) is 10.9. The maximum absolute atomic E-state index is 8.20. The Morgan fingerprint density at radius 1 is 1.05 bits per heavy atom. The van der Waals surface area contributed by atoms with Gasteiger partial charge < -0.3 is 0 Å². The number of hydrogen-bond acceptors (Lipinski definition) is 2. The van der Waals surface area contributed by atoms with Crippen molar-refractivity contribution < 1.29 is 0 Å². The molecule has 0 saturated carbocycles. The molecule has 1 N–H and O–H groups in total. The van der Waals surface area contributed by atoms with E-state index in [0.29, 0.717) is 9.82 Å². The highest BCUT2D eigenvalue weighted by molar-refractivity contribution is 7.07. The molecule has 1 aromatic heterocycles. The lowest BCUT2D eigenvalue weighted by molar-refractivity contribution is 0.985. The number of hydrogen-bond donors (Lipinski definition) is 1. The van der Waals surface area contributed by atoms with Crippen LogP contribution in [0, 0.1) is 19.3 Å². The monoisotopic (exact) mass is 314 g/mol. The van der Waals surface area contributed by atoms with Crippen LogP contribution in [-0.4, -0.2) is 4.57 Å².